The highest BCUT2D eigenvalue weighted by Crippen LogP contribution is 2.27. The van der Waals surface area contributed by atoms with Crippen LogP contribution in [0.5, 0.6) is 0 Å². The van der Waals surface area contributed by atoms with Gasteiger partial charge in [0.25, 0.3) is 5.91 Å². The van der Waals surface area contributed by atoms with Crippen molar-refractivity contribution in [2.24, 2.45) is 11.1 Å². The molecule has 0 saturated carbocycles. The molecule has 1 fully saturated rings. The molecule has 5 heteroatoms. The number of benzene rings is 1. The number of likely N-dealkylation sites (tertiary alicyclic amines) is 1. The SMILES string of the molecule is CC1CN(C(=O)c2csc3ccccc23)CC/C1=N\O. The molecular weight excluding hydrogens is 272 g/mol. The number of fused-ring (bicyclic) bond motifs is 1. The van der Waals surface area contributed by atoms with Crippen LogP contribution < -0.4 is 0 Å². The summed E-state index contributed by atoms with van der Waals surface area (Å²) in [5.74, 6) is 0.189. The second kappa shape index (κ2) is 5.25. The highest BCUT2D eigenvalue weighted by molar-refractivity contribution is 7.17. The summed E-state index contributed by atoms with van der Waals surface area (Å²) in [4.78, 5) is 14.5. The Morgan fingerprint density at radius 1 is 1.45 bits per heavy atom. The number of rotatable bonds is 1. The minimum absolute atomic E-state index is 0.0753. The van der Waals surface area contributed by atoms with Crippen LogP contribution in [-0.2, 0) is 0 Å². The van der Waals surface area contributed by atoms with E-state index < -0.39 is 0 Å². The fraction of sp³-hybridized carbons (Fsp3) is 0.333. The second-order valence-electron chi connectivity index (χ2n) is 5.14. The predicted molar refractivity (Wildman–Crippen MR) is 80.7 cm³/mol. The molecule has 1 amide bonds. The summed E-state index contributed by atoms with van der Waals surface area (Å²) in [6, 6.07) is 7.97. The molecule has 1 aromatic carbocycles. The van der Waals surface area contributed by atoms with E-state index in [0.717, 1.165) is 21.4 Å². The summed E-state index contributed by atoms with van der Waals surface area (Å²) in [5.41, 5.74) is 1.56. The van der Waals surface area contributed by atoms with E-state index in [-0.39, 0.29) is 11.8 Å². The van der Waals surface area contributed by atoms with Crippen molar-refractivity contribution in [3.05, 3.63) is 35.2 Å². The van der Waals surface area contributed by atoms with E-state index in [1.807, 2.05) is 41.5 Å². The molecule has 0 aliphatic carbocycles. The fourth-order valence-electron chi connectivity index (χ4n) is 2.67. The van der Waals surface area contributed by atoms with Crippen molar-refractivity contribution >= 4 is 33.0 Å². The molecule has 2 heterocycles. The number of piperidine rings is 1. The predicted octanol–water partition coefficient (Wildman–Crippen LogP) is 3.21. The van der Waals surface area contributed by atoms with Crippen LogP contribution in [0.15, 0.2) is 34.8 Å². The Bertz CT molecular complexity index is 677. The third-order valence-corrected chi connectivity index (χ3v) is 4.79. The Morgan fingerprint density at radius 2 is 2.25 bits per heavy atom. The molecule has 1 aliphatic heterocycles. The van der Waals surface area contributed by atoms with Crippen LogP contribution in [-0.4, -0.2) is 34.8 Å². The zero-order valence-corrected chi connectivity index (χ0v) is 12.1. The minimum Gasteiger partial charge on any atom is -0.411 e. The first-order valence-electron chi connectivity index (χ1n) is 6.67. The lowest BCUT2D eigenvalue weighted by Gasteiger charge is -2.31. The van der Waals surface area contributed by atoms with E-state index in [1.165, 1.54) is 0 Å². The minimum atomic E-state index is 0.0753. The van der Waals surface area contributed by atoms with Crippen molar-refractivity contribution in [2.45, 2.75) is 13.3 Å². The second-order valence-corrected chi connectivity index (χ2v) is 6.05. The van der Waals surface area contributed by atoms with Gasteiger partial charge in [-0.15, -0.1) is 11.3 Å². The number of hydrogen-bond acceptors (Lipinski definition) is 4. The standard InChI is InChI=1S/C15H16N2O2S/c1-10-8-17(7-6-13(10)16-19)15(18)12-9-20-14-5-3-2-4-11(12)14/h2-5,9-10,19H,6-8H2,1H3/b16-13+. The molecule has 0 radical (unpaired) electrons. The van der Waals surface area contributed by atoms with Crippen molar-refractivity contribution in [1.29, 1.82) is 0 Å². The van der Waals surface area contributed by atoms with Gasteiger partial charge >= 0.3 is 0 Å². The lowest BCUT2D eigenvalue weighted by Crippen LogP contribution is -2.43. The first-order valence-corrected chi connectivity index (χ1v) is 7.55. The van der Waals surface area contributed by atoms with Crippen molar-refractivity contribution in [1.82, 2.24) is 4.90 Å². The third-order valence-electron chi connectivity index (χ3n) is 3.83. The highest BCUT2D eigenvalue weighted by atomic mass is 32.1. The van der Waals surface area contributed by atoms with Crippen molar-refractivity contribution in [3.63, 3.8) is 0 Å². The van der Waals surface area contributed by atoms with Crippen LogP contribution in [0.3, 0.4) is 0 Å². The van der Waals surface area contributed by atoms with Crippen LogP contribution in [0.4, 0.5) is 0 Å². The summed E-state index contributed by atoms with van der Waals surface area (Å²) < 4.78 is 1.14. The van der Waals surface area contributed by atoms with Crippen LogP contribution in [0, 0.1) is 5.92 Å². The monoisotopic (exact) mass is 288 g/mol. The van der Waals surface area contributed by atoms with Gasteiger partial charge in [-0.1, -0.05) is 30.3 Å². The maximum Gasteiger partial charge on any atom is 0.255 e. The molecule has 4 nitrogen and oxygen atoms in total. The van der Waals surface area contributed by atoms with Gasteiger partial charge in [0.15, 0.2) is 0 Å². The maximum absolute atomic E-state index is 12.6. The molecule has 1 aromatic heterocycles. The number of nitrogens with zero attached hydrogens (tertiary/aromatic N) is 2. The molecule has 3 rings (SSSR count). The summed E-state index contributed by atoms with van der Waals surface area (Å²) in [6.07, 6.45) is 0.644. The van der Waals surface area contributed by atoms with Crippen molar-refractivity contribution in [2.75, 3.05) is 13.1 Å². The van der Waals surface area contributed by atoms with Crippen LogP contribution in [0.25, 0.3) is 10.1 Å². The highest BCUT2D eigenvalue weighted by Gasteiger charge is 2.27. The number of amides is 1. The average molecular weight is 288 g/mol. The molecule has 104 valence electrons. The Labute approximate surface area is 121 Å². The van der Waals surface area contributed by atoms with Gasteiger partial charge in [0.2, 0.25) is 0 Å². The molecule has 1 saturated heterocycles. The van der Waals surface area contributed by atoms with Gasteiger partial charge in [-0.05, 0) is 6.07 Å². The number of hydrogen-bond donors (Lipinski definition) is 1. The molecular formula is C15H16N2O2S. The van der Waals surface area contributed by atoms with Gasteiger partial charge in [-0.3, -0.25) is 4.79 Å². The molecule has 1 aliphatic rings. The van der Waals surface area contributed by atoms with E-state index in [2.05, 4.69) is 5.16 Å². The number of oxime groups is 1. The summed E-state index contributed by atoms with van der Waals surface area (Å²) in [7, 11) is 0. The lowest BCUT2D eigenvalue weighted by atomic mass is 9.97. The lowest BCUT2D eigenvalue weighted by molar-refractivity contribution is 0.0736. The zero-order chi connectivity index (χ0) is 14.1. The molecule has 1 atom stereocenters. The number of thiophene rings is 1. The van der Waals surface area contributed by atoms with Gasteiger partial charge in [-0.2, -0.15) is 0 Å². The van der Waals surface area contributed by atoms with E-state index >= 15 is 0 Å². The van der Waals surface area contributed by atoms with Crippen LogP contribution in [0.2, 0.25) is 0 Å². The normalized spacial score (nSPS) is 21.6. The molecule has 2 aromatic rings. The Balaban J connectivity index is 1.86. The topological polar surface area (TPSA) is 52.9 Å². The van der Waals surface area contributed by atoms with Crippen molar-refractivity contribution < 1.29 is 10.0 Å². The number of carbonyl (C=O) groups is 1. The maximum atomic E-state index is 12.6. The largest absolute Gasteiger partial charge is 0.411 e. The first-order chi connectivity index (χ1) is 9.70. The van der Waals surface area contributed by atoms with Crippen molar-refractivity contribution in [3.8, 4) is 0 Å². The molecule has 0 bridgehead atoms. The summed E-state index contributed by atoms with van der Waals surface area (Å²) in [6.45, 7) is 3.22. The van der Waals surface area contributed by atoms with Gasteiger partial charge in [0.05, 0.1) is 11.3 Å². The van der Waals surface area contributed by atoms with Crippen LogP contribution in [0.1, 0.15) is 23.7 Å². The van der Waals surface area contributed by atoms with E-state index in [0.29, 0.717) is 19.5 Å². The van der Waals surface area contributed by atoms with Gasteiger partial charge in [-0.25, -0.2) is 0 Å². The van der Waals surface area contributed by atoms with Crippen LogP contribution >= 0.6 is 11.3 Å². The Morgan fingerprint density at radius 3 is 3.00 bits per heavy atom. The smallest absolute Gasteiger partial charge is 0.255 e. The quantitative estimate of drug-likeness (QED) is 0.647. The molecule has 0 spiro atoms. The van der Waals surface area contributed by atoms with Gasteiger partial charge < -0.3 is 10.1 Å². The molecule has 1 unspecified atom stereocenters. The third kappa shape index (κ3) is 2.18. The Kier molecular flexibility index (Phi) is 3.44. The molecule has 1 N–H and O–H groups in total. The summed E-state index contributed by atoms with van der Waals surface area (Å²) in [5, 5.41) is 15.2. The van der Waals surface area contributed by atoms with Gasteiger partial charge in [0, 0.05) is 40.9 Å². The Hall–Kier alpha value is -1.88. The van der Waals surface area contributed by atoms with E-state index in [1.54, 1.807) is 11.3 Å². The summed E-state index contributed by atoms with van der Waals surface area (Å²) >= 11 is 1.60. The average Bonchev–Trinajstić information content (AvgIpc) is 2.90. The molecule has 20 heavy (non-hydrogen) atoms. The number of carbonyl (C=O) groups excluding carboxylic acids is 1. The first kappa shape index (κ1) is 13.1. The van der Waals surface area contributed by atoms with E-state index in [9.17, 15) is 4.79 Å². The van der Waals surface area contributed by atoms with Gasteiger partial charge in [0.1, 0.15) is 0 Å². The zero-order valence-electron chi connectivity index (χ0n) is 11.2. The fourth-order valence-corrected chi connectivity index (χ4v) is 3.60. The van der Waals surface area contributed by atoms with E-state index in [4.69, 9.17) is 5.21 Å².